The monoisotopic (exact) mass is 251 g/mol. The fourth-order valence-electron chi connectivity index (χ4n) is 2.91. The molecule has 0 aromatic carbocycles. The van der Waals surface area contributed by atoms with Crippen LogP contribution < -0.4 is 5.48 Å². The maximum atomic E-state index is 11.6. The van der Waals surface area contributed by atoms with Crippen LogP contribution in [0.15, 0.2) is 11.8 Å². The lowest BCUT2D eigenvalue weighted by molar-refractivity contribution is -0.139. The molecule has 1 amide bonds. The third kappa shape index (κ3) is 2.52. The zero-order valence-corrected chi connectivity index (χ0v) is 10.7. The summed E-state index contributed by atoms with van der Waals surface area (Å²) >= 11 is 0. The second kappa shape index (κ2) is 5.28. The number of amides is 1. The van der Waals surface area contributed by atoms with Gasteiger partial charge in [-0.3, -0.25) is 15.2 Å². The van der Waals surface area contributed by atoms with Gasteiger partial charge in [0.15, 0.2) is 6.23 Å². The highest BCUT2D eigenvalue weighted by atomic mass is 16.7. The van der Waals surface area contributed by atoms with E-state index in [1.165, 1.54) is 32.4 Å². The molecule has 0 bridgehead atoms. The van der Waals surface area contributed by atoms with Crippen molar-refractivity contribution >= 4 is 5.91 Å². The molecule has 1 atom stereocenters. The van der Waals surface area contributed by atoms with E-state index in [-0.39, 0.29) is 12.1 Å². The van der Waals surface area contributed by atoms with E-state index in [0.29, 0.717) is 6.42 Å². The maximum absolute atomic E-state index is 11.6. The third-order valence-corrected chi connectivity index (χ3v) is 3.91. The van der Waals surface area contributed by atoms with Gasteiger partial charge in [0.25, 0.3) is 0 Å². The molecule has 0 aromatic rings. The van der Waals surface area contributed by atoms with E-state index in [0.717, 1.165) is 25.2 Å². The number of rotatable bonds is 3. The standard InChI is InChI=1S/C13H21N3O2/c17-12-5-4-8-16(12)13-9-11(14-18-13)10-15-6-2-1-3-7-15/h9,13-14H,1-8,10H2. The topological polar surface area (TPSA) is 44.8 Å². The minimum absolute atomic E-state index is 0.195. The molecule has 1 unspecified atom stereocenters. The predicted octanol–water partition coefficient (Wildman–Crippen LogP) is 0.839. The molecular weight excluding hydrogens is 230 g/mol. The van der Waals surface area contributed by atoms with E-state index in [9.17, 15) is 4.79 Å². The molecule has 3 aliphatic rings. The average molecular weight is 251 g/mol. The van der Waals surface area contributed by atoms with E-state index in [4.69, 9.17) is 4.84 Å². The molecule has 3 aliphatic heterocycles. The van der Waals surface area contributed by atoms with Crippen molar-refractivity contribution in [2.75, 3.05) is 26.2 Å². The lowest BCUT2D eigenvalue weighted by atomic mass is 10.1. The van der Waals surface area contributed by atoms with Crippen LogP contribution in [-0.2, 0) is 9.63 Å². The first-order valence-electron chi connectivity index (χ1n) is 6.97. The van der Waals surface area contributed by atoms with Crippen molar-refractivity contribution in [1.82, 2.24) is 15.3 Å². The van der Waals surface area contributed by atoms with E-state index in [1.54, 1.807) is 0 Å². The second-order valence-corrected chi connectivity index (χ2v) is 5.33. The van der Waals surface area contributed by atoms with Gasteiger partial charge >= 0.3 is 0 Å². The summed E-state index contributed by atoms with van der Waals surface area (Å²) in [6, 6.07) is 0. The quantitative estimate of drug-likeness (QED) is 0.807. The Labute approximate surface area is 108 Å². The van der Waals surface area contributed by atoms with Crippen molar-refractivity contribution in [1.29, 1.82) is 0 Å². The summed E-state index contributed by atoms with van der Waals surface area (Å²) < 4.78 is 0. The number of nitrogens with zero attached hydrogens (tertiary/aromatic N) is 2. The summed E-state index contributed by atoms with van der Waals surface area (Å²) in [4.78, 5) is 21.4. The Kier molecular flexibility index (Phi) is 3.52. The van der Waals surface area contributed by atoms with Crippen LogP contribution in [0.3, 0.4) is 0 Å². The Hall–Kier alpha value is -1.07. The van der Waals surface area contributed by atoms with Crippen molar-refractivity contribution < 1.29 is 9.63 Å². The van der Waals surface area contributed by atoms with E-state index >= 15 is 0 Å². The van der Waals surface area contributed by atoms with Gasteiger partial charge in [-0.25, -0.2) is 4.84 Å². The van der Waals surface area contributed by atoms with Crippen LogP contribution in [0.4, 0.5) is 0 Å². The number of likely N-dealkylation sites (tertiary alicyclic amines) is 2. The molecular formula is C13H21N3O2. The van der Waals surface area contributed by atoms with Gasteiger partial charge in [0.05, 0.1) is 5.70 Å². The van der Waals surface area contributed by atoms with Crippen LogP contribution in [0.5, 0.6) is 0 Å². The molecule has 2 fully saturated rings. The lowest BCUT2D eigenvalue weighted by Gasteiger charge is -2.26. The van der Waals surface area contributed by atoms with Gasteiger partial charge in [-0.15, -0.1) is 0 Å². The summed E-state index contributed by atoms with van der Waals surface area (Å²) in [5, 5.41) is 0. The number of nitrogens with one attached hydrogen (secondary N) is 1. The Morgan fingerprint density at radius 3 is 2.78 bits per heavy atom. The summed E-state index contributed by atoms with van der Waals surface area (Å²) in [5.74, 6) is 0.206. The summed E-state index contributed by atoms with van der Waals surface area (Å²) in [5.41, 5.74) is 4.08. The molecule has 1 N–H and O–H groups in total. The molecule has 2 saturated heterocycles. The predicted molar refractivity (Wildman–Crippen MR) is 67.3 cm³/mol. The Morgan fingerprint density at radius 1 is 1.22 bits per heavy atom. The van der Waals surface area contributed by atoms with Crippen molar-refractivity contribution in [3.63, 3.8) is 0 Å². The van der Waals surface area contributed by atoms with Gasteiger partial charge in [-0.1, -0.05) is 6.42 Å². The van der Waals surface area contributed by atoms with Crippen LogP contribution in [0.2, 0.25) is 0 Å². The highest BCUT2D eigenvalue weighted by molar-refractivity contribution is 5.78. The zero-order valence-electron chi connectivity index (χ0n) is 10.7. The van der Waals surface area contributed by atoms with Gasteiger partial charge in [-0.2, -0.15) is 0 Å². The molecule has 5 nitrogen and oxygen atoms in total. The lowest BCUT2D eigenvalue weighted by Crippen LogP contribution is -2.36. The van der Waals surface area contributed by atoms with E-state index < -0.39 is 0 Å². The minimum atomic E-state index is -0.195. The summed E-state index contributed by atoms with van der Waals surface area (Å²) in [6.45, 7) is 4.08. The van der Waals surface area contributed by atoms with Gasteiger partial charge in [0.1, 0.15) is 0 Å². The molecule has 100 valence electrons. The first-order valence-corrected chi connectivity index (χ1v) is 6.97. The molecule has 3 rings (SSSR count). The van der Waals surface area contributed by atoms with Crippen molar-refractivity contribution in [2.45, 2.75) is 38.3 Å². The number of hydrogen-bond donors (Lipinski definition) is 1. The Morgan fingerprint density at radius 2 is 2.06 bits per heavy atom. The first-order chi connectivity index (χ1) is 8.83. The molecule has 0 saturated carbocycles. The smallest absolute Gasteiger partial charge is 0.224 e. The molecule has 0 aliphatic carbocycles. The molecule has 0 radical (unpaired) electrons. The largest absolute Gasteiger partial charge is 0.311 e. The van der Waals surface area contributed by atoms with E-state index in [1.807, 2.05) is 4.90 Å². The molecule has 0 spiro atoms. The third-order valence-electron chi connectivity index (χ3n) is 3.91. The van der Waals surface area contributed by atoms with Gasteiger partial charge in [-0.05, 0) is 38.4 Å². The minimum Gasteiger partial charge on any atom is -0.311 e. The van der Waals surface area contributed by atoms with Gasteiger partial charge in [0.2, 0.25) is 5.91 Å². The fraction of sp³-hybridized carbons (Fsp3) is 0.769. The summed E-state index contributed by atoms with van der Waals surface area (Å²) in [7, 11) is 0. The Bertz CT molecular complexity index is 350. The fourth-order valence-corrected chi connectivity index (χ4v) is 2.91. The van der Waals surface area contributed by atoms with Crippen LogP contribution in [0, 0.1) is 0 Å². The van der Waals surface area contributed by atoms with Crippen LogP contribution >= 0.6 is 0 Å². The highest BCUT2D eigenvalue weighted by Crippen LogP contribution is 2.20. The van der Waals surface area contributed by atoms with Crippen LogP contribution in [0.1, 0.15) is 32.1 Å². The number of hydrogen-bond acceptors (Lipinski definition) is 4. The Balaban J connectivity index is 1.56. The van der Waals surface area contributed by atoms with Crippen LogP contribution in [0.25, 0.3) is 0 Å². The van der Waals surface area contributed by atoms with Crippen molar-refractivity contribution in [2.24, 2.45) is 0 Å². The molecule has 5 heteroatoms. The first kappa shape index (κ1) is 12.0. The molecule has 18 heavy (non-hydrogen) atoms. The zero-order chi connectivity index (χ0) is 12.4. The highest BCUT2D eigenvalue weighted by Gasteiger charge is 2.31. The number of hydroxylamine groups is 1. The van der Waals surface area contributed by atoms with Crippen molar-refractivity contribution in [3.05, 3.63) is 11.8 Å². The SMILES string of the molecule is O=C1CCCN1C1C=C(CN2CCCCC2)NO1. The van der Waals surface area contributed by atoms with Gasteiger partial charge in [0, 0.05) is 19.5 Å². The van der Waals surface area contributed by atoms with Crippen molar-refractivity contribution in [3.8, 4) is 0 Å². The second-order valence-electron chi connectivity index (χ2n) is 5.33. The summed E-state index contributed by atoms with van der Waals surface area (Å²) in [6.07, 6.45) is 7.41. The van der Waals surface area contributed by atoms with Crippen LogP contribution in [-0.4, -0.2) is 48.1 Å². The van der Waals surface area contributed by atoms with E-state index in [2.05, 4.69) is 16.5 Å². The molecule has 3 heterocycles. The maximum Gasteiger partial charge on any atom is 0.224 e. The normalized spacial score (nSPS) is 29.6. The number of carbonyl (C=O) groups is 1. The molecule has 0 aromatic heterocycles. The van der Waals surface area contributed by atoms with Gasteiger partial charge < -0.3 is 4.90 Å². The number of carbonyl (C=O) groups excluding carboxylic acids is 1. The average Bonchev–Trinajstić information content (AvgIpc) is 2.99. The number of piperidine rings is 1.